The molecule has 1 aliphatic heterocycles. The third-order valence-electron chi connectivity index (χ3n) is 5.92. The summed E-state index contributed by atoms with van der Waals surface area (Å²) >= 11 is 0. The van der Waals surface area contributed by atoms with E-state index in [1.807, 2.05) is 0 Å². The van der Waals surface area contributed by atoms with E-state index in [1.54, 1.807) is 0 Å². The summed E-state index contributed by atoms with van der Waals surface area (Å²) in [6, 6.07) is 15.6. The quantitative estimate of drug-likeness (QED) is 0.687. The fraction of sp³-hybridized carbons (Fsp3) is 0.476. The summed E-state index contributed by atoms with van der Waals surface area (Å²) in [4.78, 5) is 0. The van der Waals surface area contributed by atoms with Gasteiger partial charge in [0, 0.05) is 23.6 Å². The van der Waals surface area contributed by atoms with Crippen LogP contribution < -0.4 is 4.57 Å². The third kappa shape index (κ3) is 2.27. The fourth-order valence-corrected chi connectivity index (χ4v) is 4.66. The lowest BCUT2D eigenvalue weighted by molar-refractivity contribution is -0.694. The number of nitrogens with zero attached hydrogens (tertiary/aromatic N) is 1. The Morgan fingerprint density at radius 2 is 1.82 bits per heavy atom. The van der Waals surface area contributed by atoms with Crippen LogP contribution in [0.4, 0.5) is 0 Å². The van der Waals surface area contributed by atoms with Gasteiger partial charge >= 0.3 is 0 Å². The summed E-state index contributed by atoms with van der Waals surface area (Å²) < 4.78 is 2.45. The highest BCUT2D eigenvalue weighted by Gasteiger charge is 2.41. The van der Waals surface area contributed by atoms with Gasteiger partial charge in [0.15, 0.2) is 12.7 Å². The van der Waals surface area contributed by atoms with Gasteiger partial charge in [0.1, 0.15) is 0 Å². The van der Waals surface area contributed by atoms with Gasteiger partial charge in [0.2, 0.25) is 5.69 Å². The lowest BCUT2D eigenvalue weighted by Gasteiger charge is -2.42. The highest BCUT2D eigenvalue weighted by molar-refractivity contribution is 5.63. The van der Waals surface area contributed by atoms with Crippen molar-refractivity contribution in [1.29, 1.82) is 0 Å². The van der Waals surface area contributed by atoms with E-state index in [0.29, 0.717) is 11.8 Å². The molecule has 0 bridgehead atoms. The maximum absolute atomic E-state index is 2.48. The molecule has 1 aromatic heterocycles. The SMILES string of the molecule is CCC1C(C)C[n+]2ccccc2-c2ccccc2C1(C)CC. The molecule has 3 rings (SSSR count). The summed E-state index contributed by atoms with van der Waals surface area (Å²) in [5.41, 5.74) is 4.55. The first kappa shape index (κ1) is 15.3. The second kappa shape index (κ2) is 5.87. The molecule has 0 fully saturated rings. The van der Waals surface area contributed by atoms with E-state index >= 15 is 0 Å². The Morgan fingerprint density at radius 1 is 1.09 bits per heavy atom. The maximum Gasteiger partial charge on any atom is 0.212 e. The van der Waals surface area contributed by atoms with E-state index in [2.05, 4.69) is 80.9 Å². The molecule has 0 amide bonds. The standard InChI is InChI=1S/C21H28N/c1-5-18-16(3)15-22-14-10-9-13-20(22)17-11-7-8-12-19(17)21(18,4)6-2/h7-14,16,18H,5-6,15H2,1-4H3/q+1. The van der Waals surface area contributed by atoms with Crippen molar-refractivity contribution >= 4 is 0 Å². The molecule has 2 aromatic rings. The second-order valence-electron chi connectivity index (χ2n) is 7.05. The second-order valence-corrected chi connectivity index (χ2v) is 7.05. The summed E-state index contributed by atoms with van der Waals surface area (Å²) in [6.07, 6.45) is 4.67. The maximum atomic E-state index is 2.48. The van der Waals surface area contributed by atoms with E-state index < -0.39 is 0 Å². The van der Waals surface area contributed by atoms with E-state index in [4.69, 9.17) is 0 Å². The van der Waals surface area contributed by atoms with Crippen LogP contribution in [0.2, 0.25) is 0 Å². The van der Waals surface area contributed by atoms with E-state index in [9.17, 15) is 0 Å². The predicted octanol–water partition coefficient (Wildman–Crippen LogP) is 4.98. The summed E-state index contributed by atoms with van der Waals surface area (Å²) in [6.45, 7) is 10.7. The van der Waals surface area contributed by atoms with Gasteiger partial charge in [-0.1, -0.05) is 52.3 Å². The molecule has 22 heavy (non-hydrogen) atoms. The molecule has 1 aliphatic rings. The first-order valence-electron chi connectivity index (χ1n) is 8.70. The Balaban J connectivity index is 2.31. The third-order valence-corrected chi connectivity index (χ3v) is 5.92. The number of hydrogen-bond acceptors (Lipinski definition) is 0. The topological polar surface area (TPSA) is 3.88 Å². The Morgan fingerprint density at radius 3 is 2.55 bits per heavy atom. The summed E-state index contributed by atoms with van der Waals surface area (Å²) in [5, 5.41) is 0. The van der Waals surface area contributed by atoms with Crippen LogP contribution in [0.1, 0.15) is 46.1 Å². The molecule has 0 saturated heterocycles. The number of benzene rings is 1. The van der Waals surface area contributed by atoms with Gasteiger partial charge in [0.25, 0.3) is 0 Å². The van der Waals surface area contributed by atoms with Crippen LogP contribution in [0.15, 0.2) is 48.7 Å². The summed E-state index contributed by atoms with van der Waals surface area (Å²) in [7, 11) is 0. The number of rotatable bonds is 2. The smallest absolute Gasteiger partial charge is 0.198 e. The molecule has 1 heteroatoms. The predicted molar refractivity (Wildman–Crippen MR) is 92.7 cm³/mol. The van der Waals surface area contributed by atoms with Gasteiger partial charge in [-0.15, -0.1) is 0 Å². The molecular weight excluding hydrogens is 266 g/mol. The number of pyridine rings is 1. The minimum Gasteiger partial charge on any atom is -0.198 e. The lowest BCUT2D eigenvalue weighted by Crippen LogP contribution is -2.47. The molecular formula is C21H28N+. The number of hydrogen-bond donors (Lipinski definition) is 0. The average molecular weight is 294 g/mol. The molecule has 3 unspecified atom stereocenters. The van der Waals surface area contributed by atoms with E-state index in [1.165, 1.54) is 29.7 Å². The van der Waals surface area contributed by atoms with Crippen LogP contribution in [0.3, 0.4) is 0 Å². The Kier molecular flexibility index (Phi) is 4.08. The lowest BCUT2D eigenvalue weighted by atomic mass is 9.62. The minimum atomic E-state index is 0.249. The van der Waals surface area contributed by atoms with Crippen molar-refractivity contribution in [2.45, 2.75) is 52.5 Å². The van der Waals surface area contributed by atoms with Crippen molar-refractivity contribution in [3.05, 3.63) is 54.2 Å². The zero-order chi connectivity index (χ0) is 15.7. The number of aromatic nitrogens is 1. The monoisotopic (exact) mass is 294 g/mol. The van der Waals surface area contributed by atoms with Crippen LogP contribution >= 0.6 is 0 Å². The van der Waals surface area contributed by atoms with Gasteiger partial charge in [-0.3, -0.25) is 0 Å². The molecule has 2 heterocycles. The molecule has 0 N–H and O–H groups in total. The van der Waals surface area contributed by atoms with Gasteiger partial charge in [-0.25, -0.2) is 0 Å². The highest BCUT2D eigenvalue weighted by atomic mass is 15.0. The van der Waals surface area contributed by atoms with Crippen molar-refractivity contribution in [2.75, 3.05) is 0 Å². The molecule has 0 spiro atoms. The average Bonchev–Trinajstić information content (AvgIpc) is 2.55. The van der Waals surface area contributed by atoms with E-state index in [0.717, 1.165) is 6.54 Å². The normalized spacial score (nSPS) is 27.5. The van der Waals surface area contributed by atoms with Crippen LogP contribution in [0.25, 0.3) is 11.3 Å². The fourth-order valence-electron chi connectivity index (χ4n) is 4.66. The molecule has 116 valence electrons. The summed E-state index contributed by atoms with van der Waals surface area (Å²) in [5.74, 6) is 1.38. The van der Waals surface area contributed by atoms with Gasteiger partial charge in [0.05, 0.1) is 0 Å². The van der Waals surface area contributed by atoms with Crippen LogP contribution in [0, 0.1) is 11.8 Å². The van der Waals surface area contributed by atoms with E-state index in [-0.39, 0.29) is 5.41 Å². The molecule has 1 nitrogen and oxygen atoms in total. The van der Waals surface area contributed by atoms with Crippen LogP contribution in [-0.4, -0.2) is 0 Å². The number of fused-ring (bicyclic) bond motifs is 3. The van der Waals surface area contributed by atoms with Crippen molar-refractivity contribution in [3.63, 3.8) is 0 Å². The van der Waals surface area contributed by atoms with Gasteiger partial charge in [-0.05, 0) is 35.4 Å². The van der Waals surface area contributed by atoms with Gasteiger partial charge in [-0.2, -0.15) is 4.57 Å². The molecule has 0 aliphatic carbocycles. The Hall–Kier alpha value is -1.63. The Labute approximate surface area is 135 Å². The molecule has 0 saturated carbocycles. The van der Waals surface area contributed by atoms with Crippen molar-refractivity contribution in [3.8, 4) is 11.3 Å². The zero-order valence-corrected chi connectivity index (χ0v) is 14.3. The molecule has 0 radical (unpaired) electrons. The van der Waals surface area contributed by atoms with Crippen molar-refractivity contribution in [1.82, 2.24) is 0 Å². The van der Waals surface area contributed by atoms with Crippen molar-refractivity contribution < 1.29 is 4.57 Å². The highest BCUT2D eigenvalue weighted by Crippen LogP contribution is 2.45. The molecule has 3 atom stereocenters. The van der Waals surface area contributed by atoms with Gasteiger partial charge < -0.3 is 0 Å². The van der Waals surface area contributed by atoms with Crippen molar-refractivity contribution in [2.24, 2.45) is 11.8 Å². The largest absolute Gasteiger partial charge is 0.212 e. The first-order valence-corrected chi connectivity index (χ1v) is 8.70. The minimum absolute atomic E-state index is 0.249. The van der Waals surface area contributed by atoms with Crippen LogP contribution in [-0.2, 0) is 12.0 Å². The van der Waals surface area contributed by atoms with Crippen LogP contribution in [0.5, 0.6) is 0 Å². The zero-order valence-electron chi connectivity index (χ0n) is 14.3. The Bertz CT molecular complexity index is 660. The first-order chi connectivity index (χ1) is 10.6. The molecule has 1 aromatic carbocycles.